The second kappa shape index (κ2) is 6.45. The summed E-state index contributed by atoms with van der Waals surface area (Å²) < 4.78 is 0. The Bertz CT molecular complexity index is 614. The lowest BCUT2D eigenvalue weighted by atomic mass is 10.2. The quantitative estimate of drug-likeness (QED) is 0.678. The van der Waals surface area contributed by atoms with E-state index in [9.17, 15) is 10.1 Å². The summed E-state index contributed by atoms with van der Waals surface area (Å²) in [6.45, 7) is 3.15. The van der Waals surface area contributed by atoms with Crippen LogP contribution < -0.4 is 5.32 Å². The number of aryl methyl sites for hydroxylation is 1. The van der Waals surface area contributed by atoms with Crippen LogP contribution in [-0.4, -0.2) is 9.91 Å². The van der Waals surface area contributed by atoms with Crippen molar-refractivity contribution in [2.45, 2.75) is 20.0 Å². The van der Waals surface area contributed by atoms with Crippen LogP contribution in [0.1, 0.15) is 16.8 Å². The van der Waals surface area contributed by atoms with Crippen LogP contribution in [0, 0.1) is 17.0 Å². The zero-order valence-electron chi connectivity index (χ0n) is 11.0. The number of nitrogens with zero attached hydrogens (tertiary/aromatic N) is 2. The fourth-order valence-corrected chi connectivity index (χ4v) is 1.98. The maximum Gasteiger partial charge on any atom is 0.270 e. The average Bonchev–Trinajstić information content (AvgIpc) is 2.42. The van der Waals surface area contributed by atoms with Gasteiger partial charge in [0.25, 0.3) is 5.69 Å². The third-order valence-corrected chi connectivity index (χ3v) is 3.22. The fourth-order valence-electron chi connectivity index (χ4n) is 1.74. The predicted octanol–water partition coefficient (Wildman–Crippen LogP) is 3.24. The first kappa shape index (κ1) is 14.4. The van der Waals surface area contributed by atoms with Crippen molar-refractivity contribution in [2.75, 3.05) is 0 Å². The van der Waals surface area contributed by atoms with Crippen molar-refractivity contribution < 1.29 is 4.92 Å². The Morgan fingerprint density at radius 1 is 1.30 bits per heavy atom. The molecule has 0 aliphatic heterocycles. The van der Waals surface area contributed by atoms with E-state index < -0.39 is 4.92 Å². The van der Waals surface area contributed by atoms with Gasteiger partial charge < -0.3 is 5.32 Å². The first-order valence-corrected chi connectivity index (χ1v) is 6.49. The number of hydrogen-bond donors (Lipinski definition) is 1. The highest BCUT2D eigenvalue weighted by Crippen LogP contribution is 2.22. The number of hydrogen-bond acceptors (Lipinski definition) is 4. The number of halogens is 1. The van der Waals surface area contributed by atoms with Crippen LogP contribution in [0.25, 0.3) is 0 Å². The molecule has 0 amide bonds. The minimum Gasteiger partial charge on any atom is -0.309 e. The van der Waals surface area contributed by atoms with Gasteiger partial charge in [0, 0.05) is 37.1 Å². The Hall–Kier alpha value is -1.98. The number of benzene rings is 1. The lowest BCUT2D eigenvalue weighted by molar-refractivity contribution is -0.384. The van der Waals surface area contributed by atoms with E-state index in [1.165, 1.54) is 12.1 Å². The van der Waals surface area contributed by atoms with Crippen LogP contribution in [0.2, 0.25) is 5.02 Å². The molecule has 6 heteroatoms. The van der Waals surface area contributed by atoms with Gasteiger partial charge in [0.15, 0.2) is 0 Å². The molecule has 0 saturated heterocycles. The van der Waals surface area contributed by atoms with Crippen LogP contribution in [0.4, 0.5) is 5.69 Å². The first-order chi connectivity index (χ1) is 9.56. The predicted molar refractivity (Wildman–Crippen MR) is 77.6 cm³/mol. The minimum absolute atomic E-state index is 0.00137. The highest BCUT2D eigenvalue weighted by Gasteiger charge is 2.08. The van der Waals surface area contributed by atoms with E-state index >= 15 is 0 Å². The fraction of sp³-hybridized carbons (Fsp3) is 0.214. The SMILES string of the molecule is Cc1ccc(CNCc2ccc([N+](=O)[O-])cc2Cl)cn1. The Labute approximate surface area is 121 Å². The summed E-state index contributed by atoms with van der Waals surface area (Å²) in [5.74, 6) is 0. The number of pyridine rings is 1. The molecule has 20 heavy (non-hydrogen) atoms. The average molecular weight is 292 g/mol. The maximum absolute atomic E-state index is 10.6. The van der Waals surface area contributed by atoms with Crippen LogP contribution in [-0.2, 0) is 13.1 Å². The van der Waals surface area contributed by atoms with E-state index in [-0.39, 0.29) is 5.69 Å². The van der Waals surface area contributed by atoms with Crippen LogP contribution in [0.15, 0.2) is 36.5 Å². The van der Waals surface area contributed by atoms with E-state index in [2.05, 4.69) is 10.3 Å². The van der Waals surface area contributed by atoms with Crippen molar-refractivity contribution in [3.05, 3.63) is 68.5 Å². The van der Waals surface area contributed by atoms with Gasteiger partial charge in [0.05, 0.1) is 9.95 Å². The monoisotopic (exact) mass is 291 g/mol. The molecule has 0 aliphatic rings. The lowest BCUT2D eigenvalue weighted by Crippen LogP contribution is -2.13. The van der Waals surface area contributed by atoms with E-state index in [0.717, 1.165) is 16.8 Å². The Kier molecular flexibility index (Phi) is 4.65. The molecule has 0 saturated carbocycles. The number of aromatic nitrogens is 1. The summed E-state index contributed by atoms with van der Waals surface area (Å²) in [6.07, 6.45) is 1.82. The van der Waals surface area contributed by atoms with Gasteiger partial charge >= 0.3 is 0 Å². The number of non-ortho nitro benzene ring substituents is 1. The molecule has 1 aromatic heterocycles. The second-order valence-corrected chi connectivity index (χ2v) is 4.85. The standard InChI is InChI=1S/C14H14ClN3O2/c1-10-2-3-11(8-17-10)7-16-9-12-4-5-13(18(19)20)6-14(12)15/h2-6,8,16H,7,9H2,1H3. The molecular formula is C14H14ClN3O2. The molecule has 0 bridgehead atoms. The van der Waals surface area contributed by atoms with Gasteiger partial charge in [-0.2, -0.15) is 0 Å². The topological polar surface area (TPSA) is 68.1 Å². The Morgan fingerprint density at radius 2 is 2.10 bits per heavy atom. The molecule has 0 aliphatic carbocycles. The molecule has 0 radical (unpaired) electrons. The van der Waals surface area contributed by atoms with Gasteiger partial charge in [-0.05, 0) is 30.2 Å². The minimum atomic E-state index is -0.457. The molecule has 104 valence electrons. The summed E-state index contributed by atoms with van der Waals surface area (Å²) >= 11 is 6.02. The van der Waals surface area contributed by atoms with Gasteiger partial charge in [-0.15, -0.1) is 0 Å². The number of nitro groups is 1. The van der Waals surface area contributed by atoms with E-state index in [1.54, 1.807) is 6.07 Å². The highest BCUT2D eigenvalue weighted by atomic mass is 35.5. The summed E-state index contributed by atoms with van der Waals surface area (Å²) in [6, 6.07) is 8.45. The van der Waals surface area contributed by atoms with Gasteiger partial charge in [-0.3, -0.25) is 15.1 Å². The van der Waals surface area contributed by atoms with Crippen LogP contribution in [0.5, 0.6) is 0 Å². The summed E-state index contributed by atoms with van der Waals surface area (Å²) in [5.41, 5.74) is 2.89. The first-order valence-electron chi connectivity index (χ1n) is 6.11. The van der Waals surface area contributed by atoms with Crippen molar-refractivity contribution in [1.82, 2.24) is 10.3 Å². The Balaban J connectivity index is 1.94. The van der Waals surface area contributed by atoms with Crippen molar-refractivity contribution >= 4 is 17.3 Å². The molecule has 0 atom stereocenters. The summed E-state index contributed by atoms with van der Waals surface area (Å²) in [5, 5.41) is 14.2. The number of rotatable bonds is 5. The van der Waals surface area contributed by atoms with Crippen molar-refractivity contribution in [3.8, 4) is 0 Å². The zero-order valence-corrected chi connectivity index (χ0v) is 11.7. The van der Waals surface area contributed by atoms with Gasteiger partial charge in [-0.1, -0.05) is 17.7 Å². The smallest absolute Gasteiger partial charge is 0.270 e. The van der Waals surface area contributed by atoms with Gasteiger partial charge in [0.1, 0.15) is 0 Å². The molecular weight excluding hydrogens is 278 g/mol. The van der Waals surface area contributed by atoms with Crippen molar-refractivity contribution in [3.63, 3.8) is 0 Å². The zero-order chi connectivity index (χ0) is 14.5. The second-order valence-electron chi connectivity index (χ2n) is 4.44. The van der Waals surface area contributed by atoms with Gasteiger partial charge in [-0.25, -0.2) is 0 Å². The summed E-state index contributed by atoms with van der Waals surface area (Å²) in [4.78, 5) is 14.4. The molecule has 1 aromatic carbocycles. The molecule has 0 spiro atoms. The van der Waals surface area contributed by atoms with Crippen LogP contribution >= 0.6 is 11.6 Å². The maximum atomic E-state index is 10.6. The lowest BCUT2D eigenvalue weighted by Gasteiger charge is -2.07. The van der Waals surface area contributed by atoms with Gasteiger partial charge in [0.2, 0.25) is 0 Å². The normalized spacial score (nSPS) is 10.5. The third-order valence-electron chi connectivity index (χ3n) is 2.86. The molecule has 2 aromatic rings. The molecule has 0 fully saturated rings. The van der Waals surface area contributed by atoms with E-state index in [0.29, 0.717) is 18.1 Å². The molecule has 1 N–H and O–H groups in total. The van der Waals surface area contributed by atoms with E-state index in [1.807, 2.05) is 25.3 Å². The van der Waals surface area contributed by atoms with Crippen LogP contribution in [0.3, 0.4) is 0 Å². The largest absolute Gasteiger partial charge is 0.309 e. The highest BCUT2D eigenvalue weighted by molar-refractivity contribution is 6.31. The molecule has 5 nitrogen and oxygen atoms in total. The molecule has 0 unspecified atom stereocenters. The van der Waals surface area contributed by atoms with Crippen molar-refractivity contribution in [1.29, 1.82) is 0 Å². The number of nitro benzene ring substituents is 1. The van der Waals surface area contributed by atoms with Crippen molar-refractivity contribution in [2.24, 2.45) is 0 Å². The number of nitrogens with one attached hydrogen (secondary N) is 1. The molecule has 1 heterocycles. The third kappa shape index (κ3) is 3.76. The molecule has 2 rings (SSSR count). The Morgan fingerprint density at radius 3 is 2.70 bits per heavy atom. The summed E-state index contributed by atoms with van der Waals surface area (Å²) in [7, 11) is 0. The van der Waals surface area contributed by atoms with E-state index in [4.69, 9.17) is 11.6 Å².